The van der Waals surface area contributed by atoms with Crippen molar-refractivity contribution in [1.29, 1.82) is 0 Å². The Bertz CT molecular complexity index is 614. The van der Waals surface area contributed by atoms with Gasteiger partial charge in [0.2, 0.25) is 5.91 Å². The van der Waals surface area contributed by atoms with Crippen LogP contribution in [0.5, 0.6) is 5.75 Å². The smallest absolute Gasteiger partial charge is 0.228 e. The Hall–Kier alpha value is -2.01. The molecule has 104 valence electrons. The fourth-order valence-corrected chi connectivity index (χ4v) is 1.90. The first-order chi connectivity index (χ1) is 9.58. The Morgan fingerprint density at radius 2 is 1.95 bits per heavy atom. The second kappa shape index (κ2) is 6.43. The number of ether oxygens (including phenoxy) is 1. The number of halogens is 1. The lowest BCUT2D eigenvalue weighted by Crippen LogP contribution is -2.14. The minimum absolute atomic E-state index is 0.146. The number of thiol groups is 1. The highest BCUT2D eigenvalue weighted by Gasteiger charge is 2.07. The quantitative estimate of drug-likeness (QED) is 0.848. The standard InChI is InChI=1S/C15H14FNO2S/c1-19-14-7-4-11(9-13(14)16)17-15(18)8-10-2-5-12(20)6-3-10/h2-7,9,20H,8H2,1H3,(H,17,18). The van der Waals surface area contributed by atoms with E-state index in [0.29, 0.717) is 5.69 Å². The molecular weight excluding hydrogens is 277 g/mol. The van der Waals surface area contributed by atoms with E-state index in [1.807, 2.05) is 24.3 Å². The summed E-state index contributed by atoms with van der Waals surface area (Å²) in [6.45, 7) is 0. The topological polar surface area (TPSA) is 38.3 Å². The first-order valence-corrected chi connectivity index (χ1v) is 6.44. The predicted octanol–water partition coefficient (Wildman–Crippen LogP) is 3.30. The molecule has 0 atom stereocenters. The molecule has 0 bridgehead atoms. The zero-order valence-corrected chi connectivity index (χ0v) is 11.8. The molecule has 0 unspecified atom stereocenters. The van der Waals surface area contributed by atoms with Crippen molar-refractivity contribution in [3.63, 3.8) is 0 Å². The van der Waals surface area contributed by atoms with E-state index in [0.717, 1.165) is 10.5 Å². The predicted molar refractivity (Wildman–Crippen MR) is 79.0 cm³/mol. The van der Waals surface area contributed by atoms with E-state index >= 15 is 0 Å². The van der Waals surface area contributed by atoms with Crippen molar-refractivity contribution in [3.8, 4) is 5.75 Å². The molecule has 20 heavy (non-hydrogen) atoms. The fourth-order valence-electron chi connectivity index (χ4n) is 1.75. The molecule has 0 aliphatic carbocycles. The van der Waals surface area contributed by atoms with E-state index in [4.69, 9.17) is 4.74 Å². The van der Waals surface area contributed by atoms with Crippen molar-refractivity contribution < 1.29 is 13.9 Å². The number of carbonyl (C=O) groups excluding carboxylic acids is 1. The van der Waals surface area contributed by atoms with E-state index in [1.165, 1.54) is 19.2 Å². The van der Waals surface area contributed by atoms with Crippen molar-refractivity contribution in [2.24, 2.45) is 0 Å². The van der Waals surface area contributed by atoms with Crippen LogP contribution in [0.25, 0.3) is 0 Å². The summed E-state index contributed by atoms with van der Waals surface area (Å²) in [5.41, 5.74) is 1.27. The molecule has 3 nitrogen and oxygen atoms in total. The molecule has 0 aliphatic rings. The van der Waals surface area contributed by atoms with Crippen LogP contribution in [0.2, 0.25) is 0 Å². The number of hydrogen-bond acceptors (Lipinski definition) is 3. The van der Waals surface area contributed by atoms with E-state index < -0.39 is 5.82 Å². The molecule has 0 aromatic heterocycles. The molecule has 1 amide bonds. The highest BCUT2D eigenvalue weighted by Crippen LogP contribution is 2.20. The third-order valence-corrected chi connectivity index (χ3v) is 3.03. The number of methoxy groups -OCH3 is 1. The molecule has 0 saturated carbocycles. The normalized spacial score (nSPS) is 10.2. The zero-order valence-electron chi connectivity index (χ0n) is 10.9. The number of anilines is 1. The number of carbonyl (C=O) groups is 1. The summed E-state index contributed by atoms with van der Waals surface area (Å²) in [4.78, 5) is 12.7. The van der Waals surface area contributed by atoms with Gasteiger partial charge in [0.05, 0.1) is 13.5 Å². The highest BCUT2D eigenvalue weighted by atomic mass is 32.1. The van der Waals surface area contributed by atoms with E-state index in [1.54, 1.807) is 6.07 Å². The zero-order chi connectivity index (χ0) is 14.5. The molecule has 0 fully saturated rings. The number of nitrogens with one attached hydrogen (secondary N) is 1. The van der Waals surface area contributed by atoms with E-state index in [-0.39, 0.29) is 18.1 Å². The van der Waals surface area contributed by atoms with E-state index in [2.05, 4.69) is 17.9 Å². The molecule has 2 aromatic carbocycles. The van der Waals surface area contributed by atoms with Crippen molar-refractivity contribution in [1.82, 2.24) is 0 Å². The minimum Gasteiger partial charge on any atom is -0.494 e. The Balaban J connectivity index is 2.01. The minimum atomic E-state index is -0.510. The molecule has 0 heterocycles. The van der Waals surface area contributed by atoms with Crippen LogP contribution < -0.4 is 10.1 Å². The molecule has 0 spiro atoms. The van der Waals surface area contributed by atoms with Crippen LogP contribution in [-0.2, 0) is 11.2 Å². The maximum atomic E-state index is 13.5. The van der Waals surface area contributed by atoms with Crippen LogP contribution in [0.4, 0.5) is 10.1 Å². The number of rotatable bonds is 4. The van der Waals surface area contributed by atoms with Crippen LogP contribution in [0.1, 0.15) is 5.56 Å². The number of benzene rings is 2. The van der Waals surface area contributed by atoms with Gasteiger partial charge in [-0.3, -0.25) is 4.79 Å². The van der Waals surface area contributed by atoms with Gasteiger partial charge < -0.3 is 10.1 Å². The summed E-state index contributed by atoms with van der Waals surface area (Å²) in [5, 5.41) is 2.64. The Labute approximate surface area is 122 Å². The highest BCUT2D eigenvalue weighted by molar-refractivity contribution is 7.80. The molecule has 5 heteroatoms. The lowest BCUT2D eigenvalue weighted by molar-refractivity contribution is -0.115. The number of hydrogen-bond donors (Lipinski definition) is 2. The monoisotopic (exact) mass is 291 g/mol. The van der Waals surface area contributed by atoms with Gasteiger partial charge in [0.15, 0.2) is 11.6 Å². The van der Waals surface area contributed by atoms with Crippen LogP contribution >= 0.6 is 12.6 Å². The summed E-state index contributed by atoms with van der Waals surface area (Å²) in [5.74, 6) is -0.571. The molecule has 2 aromatic rings. The van der Waals surface area contributed by atoms with Gasteiger partial charge in [-0.05, 0) is 29.8 Å². The Morgan fingerprint density at radius 1 is 1.25 bits per heavy atom. The molecule has 0 aliphatic heterocycles. The van der Waals surface area contributed by atoms with Crippen molar-refractivity contribution in [3.05, 3.63) is 53.8 Å². The van der Waals surface area contributed by atoms with Gasteiger partial charge in [-0.1, -0.05) is 12.1 Å². The van der Waals surface area contributed by atoms with Crippen molar-refractivity contribution in [2.75, 3.05) is 12.4 Å². The van der Waals surface area contributed by atoms with Gasteiger partial charge >= 0.3 is 0 Å². The lowest BCUT2D eigenvalue weighted by Gasteiger charge is -2.07. The third-order valence-electron chi connectivity index (χ3n) is 2.74. The van der Waals surface area contributed by atoms with Crippen molar-refractivity contribution >= 4 is 24.2 Å². The summed E-state index contributed by atoms with van der Waals surface area (Å²) in [7, 11) is 1.39. The SMILES string of the molecule is COc1ccc(NC(=O)Cc2ccc(S)cc2)cc1F. The maximum Gasteiger partial charge on any atom is 0.228 e. The summed E-state index contributed by atoms with van der Waals surface area (Å²) >= 11 is 4.18. The first-order valence-electron chi connectivity index (χ1n) is 6.00. The van der Waals surface area contributed by atoms with Crippen LogP contribution in [0.15, 0.2) is 47.4 Å². The average Bonchev–Trinajstić information content (AvgIpc) is 2.41. The van der Waals surface area contributed by atoms with Crippen LogP contribution in [0, 0.1) is 5.82 Å². The number of amides is 1. The van der Waals surface area contributed by atoms with Crippen LogP contribution in [-0.4, -0.2) is 13.0 Å². The van der Waals surface area contributed by atoms with Crippen molar-refractivity contribution in [2.45, 2.75) is 11.3 Å². The first kappa shape index (κ1) is 14.4. The van der Waals surface area contributed by atoms with Crippen LogP contribution in [0.3, 0.4) is 0 Å². The Kier molecular flexibility index (Phi) is 4.63. The summed E-state index contributed by atoms with van der Waals surface area (Å²) < 4.78 is 18.3. The van der Waals surface area contributed by atoms with Gasteiger partial charge in [0.25, 0.3) is 0 Å². The second-order valence-corrected chi connectivity index (χ2v) is 4.76. The molecule has 0 radical (unpaired) electrons. The van der Waals surface area contributed by atoms with Gasteiger partial charge in [0, 0.05) is 16.6 Å². The second-order valence-electron chi connectivity index (χ2n) is 4.24. The van der Waals surface area contributed by atoms with Gasteiger partial charge in [0.1, 0.15) is 0 Å². The summed E-state index contributed by atoms with van der Waals surface area (Å²) in [6, 6.07) is 11.6. The molecule has 1 N–H and O–H groups in total. The molecular formula is C15H14FNO2S. The molecule has 2 rings (SSSR count). The van der Waals surface area contributed by atoms with E-state index in [9.17, 15) is 9.18 Å². The molecule has 0 saturated heterocycles. The van der Waals surface area contributed by atoms with Gasteiger partial charge in [-0.2, -0.15) is 0 Å². The average molecular weight is 291 g/mol. The third kappa shape index (κ3) is 3.74. The fraction of sp³-hybridized carbons (Fsp3) is 0.133. The van der Waals surface area contributed by atoms with Gasteiger partial charge in [-0.15, -0.1) is 12.6 Å². The largest absolute Gasteiger partial charge is 0.494 e. The van der Waals surface area contributed by atoms with Gasteiger partial charge in [-0.25, -0.2) is 4.39 Å². The lowest BCUT2D eigenvalue weighted by atomic mass is 10.1. The summed E-state index contributed by atoms with van der Waals surface area (Å²) in [6.07, 6.45) is 0.224. The Morgan fingerprint density at radius 3 is 2.55 bits per heavy atom. The maximum absolute atomic E-state index is 13.5.